The molecule has 0 atom stereocenters. The fourth-order valence-electron chi connectivity index (χ4n) is 2.80. The molecule has 3 rings (SSSR count). The number of fused-ring (bicyclic) bond motifs is 1. The van der Waals surface area contributed by atoms with Crippen molar-refractivity contribution >= 4 is 10.9 Å². The second kappa shape index (κ2) is 4.49. The van der Waals surface area contributed by atoms with Gasteiger partial charge in [-0.3, -0.25) is 4.68 Å². The van der Waals surface area contributed by atoms with Crippen molar-refractivity contribution in [2.75, 3.05) is 0 Å². The molecule has 1 heterocycles. The van der Waals surface area contributed by atoms with Gasteiger partial charge in [-0.25, -0.2) is 0 Å². The van der Waals surface area contributed by atoms with E-state index in [-0.39, 0.29) is 6.61 Å². The summed E-state index contributed by atoms with van der Waals surface area (Å²) >= 11 is 0. The van der Waals surface area contributed by atoms with Crippen LogP contribution >= 0.6 is 0 Å². The van der Waals surface area contributed by atoms with Gasteiger partial charge in [0, 0.05) is 11.9 Å². The number of hydrogen-bond acceptors (Lipinski definition) is 2. The van der Waals surface area contributed by atoms with Gasteiger partial charge >= 0.3 is 0 Å². The van der Waals surface area contributed by atoms with Crippen LogP contribution in [0.4, 0.5) is 0 Å². The number of hydrogen-bond donors (Lipinski definition) is 1. The monoisotopic (exact) mass is 230 g/mol. The number of aliphatic hydroxyl groups excluding tert-OH is 1. The SMILES string of the molecule is OCc1ccc2cnn(CC3CCCC3)c2c1. The molecular formula is C14H18N2O. The molecule has 1 aromatic heterocycles. The van der Waals surface area contributed by atoms with Crippen LogP contribution in [-0.4, -0.2) is 14.9 Å². The summed E-state index contributed by atoms with van der Waals surface area (Å²) in [4.78, 5) is 0. The predicted molar refractivity (Wildman–Crippen MR) is 67.6 cm³/mol. The molecule has 1 aliphatic carbocycles. The van der Waals surface area contributed by atoms with Crippen LogP contribution in [0.1, 0.15) is 31.2 Å². The van der Waals surface area contributed by atoms with Crippen LogP contribution in [0.3, 0.4) is 0 Å². The first-order valence-corrected chi connectivity index (χ1v) is 6.42. The Morgan fingerprint density at radius 2 is 2.12 bits per heavy atom. The quantitative estimate of drug-likeness (QED) is 0.880. The fraction of sp³-hybridized carbons (Fsp3) is 0.500. The largest absolute Gasteiger partial charge is 0.392 e. The lowest BCUT2D eigenvalue weighted by Crippen LogP contribution is -2.08. The van der Waals surface area contributed by atoms with Crippen molar-refractivity contribution in [2.24, 2.45) is 5.92 Å². The molecule has 0 saturated heterocycles. The number of aliphatic hydroxyl groups is 1. The highest BCUT2D eigenvalue weighted by Gasteiger charge is 2.16. The summed E-state index contributed by atoms with van der Waals surface area (Å²) in [7, 11) is 0. The van der Waals surface area contributed by atoms with Crippen LogP contribution in [-0.2, 0) is 13.2 Å². The highest BCUT2D eigenvalue weighted by atomic mass is 16.3. The average Bonchev–Trinajstić information content (AvgIpc) is 2.99. The van der Waals surface area contributed by atoms with E-state index in [1.807, 2.05) is 18.3 Å². The van der Waals surface area contributed by atoms with E-state index in [4.69, 9.17) is 0 Å². The minimum Gasteiger partial charge on any atom is -0.392 e. The summed E-state index contributed by atoms with van der Waals surface area (Å²) in [6.45, 7) is 1.13. The van der Waals surface area contributed by atoms with E-state index < -0.39 is 0 Å². The molecule has 1 N–H and O–H groups in total. The van der Waals surface area contributed by atoms with E-state index in [1.54, 1.807) is 0 Å². The first kappa shape index (κ1) is 10.8. The van der Waals surface area contributed by atoms with Gasteiger partial charge in [-0.05, 0) is 30.4 Å². The highest BCUT2D eigenvalue weighted by Crippen LogP contribution is 2.27. The molecule has 1 fully saturated rings. The molecule has 1 aromatic carbocycles. The third kappa shape index (κ3) is 2.07. The molecule has 0 radical (unpaired) electrons. The lowest BCUT2D eigenvalue weighted by Gasteiger charge is -2.10. The zero-order valence-corrected chi connectivity index (χ0v) is 9.97. The molecule has 17 heavy (non-hydrogen) atoms. The van der Waals surface area contributed by atoms with Crippen LogP contribution in [0, 0.1) is 5.92 Å². The van der Waals surface area contributed by atoms with E-state index in [0.717, 1.165) is 23.5 Å². The van der Waals surface area contributed by atoms with Gasteiger partial charge in [0.2, 0.25) is 0 Å². The summed E-state index contributed by atoms with van der Waals surface area (Å²) in [5, 5.41) is 14.8. The summed E-state index contributed by atoms with van der Waals surface area (Å²) in [6.07, 6.45) is 7.32. The molecule has 3 heteroatoms. The molecule has 90 valence electrons. The van der Waals surface area contributed by atoms with Crippen molar-refractivity contribution in [3.05, 3.63) is 30.0 Å². The molecule has 2 aromatic rings. The Morgan fingerprint density at radius 3 is 2.88 bits per heavy atom. The Labute approximate surface area is 101 Å². The number of benzene rings is 1. The van der Waals surface area contributed by atoms with Crippen LogP contribution in [0.5, 0.6) is 0 Å². The van der Waals surface area contributed by atoms with E-state index >= 15 is 0 Å². The number of nitrogens with zero attached hydrogens (tertiary/aromatic N) is 2. The minimum atomic E-state index is 0.102. The van der Waals surface area contributed by atoms with Crippen LogP contribution < -0.4 is 0 Å². The average molecular weight is 230 g/mol. The summed E-state index contributed by atoms with van der Waals surface area (Å²) in [6, 6.07) is 6.06. The van der Waals surface area contributed by atoms with Crippen LogP contribution in [0.15, 0.2) is 24.4 Å². The number of rotatable bonds is 3. The molecule has 0 aliphatic heterocycles. The lowest BCUT2D eigenvalue weighted by molar-refractivity contribution is 0.282. The standard InChI is InChI=1S/C14H18N2O/c17-10-12-5-6-13-8-15-16(14(13)7-12)9-11-3-1-2-4-11/h5-8,11,17H,1-4,9-10H2. The maximum absolute atomic E-state index is 9.18. The molecular weight excluding hydrogens is 212 g/mol. The van der Waals surface area contributed by atoms with Crippen molar-refractivity contribution in [1.29, 1.82) is 0 Å². The normalized spacial score (nSPS) is 17.0. The van der Waals surface area contributed by atoms with Gasteiger partial charge in [0.25, 0.3) is 0 Å². The Morgan fingerprint density at radius 1 is 1.29 bits per heavy atom. The van der Waals surface area contributed by atoms with Gasteiger partial charge in [-0.2, -0.15) is 5.10 Å². The lowest BCUT2D eigenvalue weighted by atomic mass is 10.1. The van der Waals surface area contributed by atoms with Gasteiger partial charge < -0.3 is 5.11 Å². The van der Waals surface area contributed by atoms with Crippen molar-refractivity contribution in [3.63, 3.8) is 0 Å². The first-order chi connectivity index (χ1) is 8.36. The van der Waals surface area contributed by atoms with Crippen LogP contribution in [0.25, 0.3) is 10.9 Å². The highest BCUT2D eigenvalue weighted by molar-refractivity contribution is 5.79. The van der Waals surface area contributed by atoms with E-state index in [0.29, 0.717) is 0 Å². The molecule has 1 aliphatic rings. The maximum atomic E-state index is 9.18. The van der Waals surface area contributed by atoms with E-state index in [2.05, 4.69) is 15.8 Å². The van der Waals surface area contributed by atoms with Crippen molar-refractivity contribution in [1.82, 2.24) is 9.78 Å². The van der Waals surface area contributed by atoms with Crippen molar-refractivity contribution < 1.29 is 5.11 Å². The Bertz CT molecular complexity index is 512. The second-order valence-electron chi connectivity index (χ2n) is 5.03. The molecule has 0 unspecified atom stereocenters. The summed E-state index contributed by atoms with van der Waals surface area (Å²) in [5.41, 5.74) is 2.12. The van der Waals surface area contributed by atoms with Crippen molar-refractivity contribution in [3.8, 4) is 0 Å². The maximum Gasteiger partial charge on any atom is 0.0686 e. The Balaban J connectivity index is 1.92. The van der Waals surface area contributed by atoms with Gasteiger partial charge in [-0.1, -0.05) is 25.0 Å². The second-order valence-corrected chi connectivity index (χ2v) is 5.03. The molecule has 1 saturated carbocycles. The minimum absolute atomic E-state index is 0.102. The zero-order valence-electron chi connectivity index (χ0n) is 9.97. The first-order valence-electron chi connectivity index (χ1n) is 6.42. The Hall–Kier alpha value is -1.35. The van der Waals surface area contributed by atoms with E-state index in [9.17, 15) is 5.11 Å². The zero-order chi connectivity index (χ0) is 11.7. The van der Waals surface area contributed by atoms with E-state index in [1.165, 1.54) is 31.1 Å². The fourth-order valence-corrected chi connectivity index (χ4v) is 2.80. The van der Waals surface area contributed by atoms with Gasteiger partial charge in [-0.15, -0.1) is 0 Å². The van der Waals surface area contributed by atoms with Gasteiger partial charge in [0.1, 0.15) is 0 Å². The third-order valence-corrected chi connectivity index (χ3v) is 3.80. The van der Waals surface area contributed by atoms with Crippen molar-refractivity contribution in [2.45, 2.75) is 38.8 Å². The predicted octanol–water partition coefficient (Wildman–Crippen LogP) is 2.72. The summed E-state index contributed by atoms with van der Waals surface area (Å²) < 4.78 is 2.10. The third-order valence-electron chi connectivity index (χ3n) is 3.80. The van der Waals surface area contributed by atoms with Gasteiger partial charge in [0.15, 0.2) is 0 Å². The van der Waals surface area contributed by atoms with Crippen LogP contribution in [0.2, 0.25) is 0 Å². The molecule has 3 nitrogen and oxygen atoms in total. The van der Waals surface area contributed by atoms with Gasteiger partial charge in [0.05, 0.1) is 18.3 Å². The Kier molecular flexibility index (Phi) is 2.85. The molecule has 0 bridgehead atoms. The molecule has 0 spiro atoms. The number of aromatic nitrogens is 2. The topological polar surface area (TPSA) is 38.1 Å². The smallest absolute Gasteiger partial charge is 0.0686 e. The summed E-state index contributed by atoms with van der Waals surface area (Å²) in [5.74, 6) is 0.788. The molecule has 0 amide bonds.